The lowest BCUT2D eigenvalue weighted by atomic mass is 10.1. The highest BCUT2D eigenvalue weighted by atomic mass is 16.7. The maximum Gasteiger partial charge on any atom is 0.157 e. The summed E-state index contributed by atoms with van der Waals surface area (Å²) < 4.78 is 25.0. The second-order valence-corrected chi connectivity index (χ2v) is 15.7. The Morgan fingerprint density at radius 3 is 0.885 bits per heavy atom. The number of ether oxygens (including phenoxy) is 4. The zero-order valence-corrected chi connectivity index (χ0v) is 36.0. The van der Waals surface area contributed by atoms with Crippen LogP contribution in [0.25, 0.3) is 0 Å². The highest BCUT2D eigenvalue weighted by molar-refractivity contribution is 4.61. The number of nitrogens with zero attached hydrogens (tertiary/aromatic N) is 1. The molecule has 0 bridgehead atoms. The Labute approximate surface area is 326 Å². The van der Waals surface area contributed by atoms with Gasteiger partial charge < -0.3 is 29.0 Å². The van der Waals surface area contributed by atoms with Gasteiger partial charge in [0, 0.05) is 33.0 Å². The van der Waals surface area contributed by atoms with E-state index in [1.807, 2.05) is 0 Å². The van der Waals surface area contributed by atoms with Crippen molar-refractivity contribution in [1.29, 1.82) is 0 Å². The zero-order chi connectivity index (χ0) is 37.8. The molecule has 6 nitrogen and oxygen atoms in total. The Kier molecular flexibility index (Phi) is 44.9. The van der Waals surface area contributed by atoms with Gasteiger partial charge in [-0.25, -0.2) is 0 Å². The van der Waals surface area contributed by atoms with Gasteiger partial charge in [0.2, 0.25) is 0 Å². The van der Waals surface area contributed by atoms with Gasteiger partial charge in [0.25, 0.3) is 0 Å². The van der Waals surface area contributed by atoms with Crippen molar-refractivity contribution < 1.29 is 24.1 Å². The standard InChI is InChI=1S/C46H95NO5/c1-5-9-13-17-21-31-41-49-45(50-42-32-22-18-14-10-6-2)35-27-25-29-37-47(39-40-48)38-30-26-28-36-46(51-43-33-23-19-15-11-7-3)52-44-34-24-20-16-12-8-4/h45-46,48H,5-44H2,1-4H3. The molecule has 0 aliphatic heterocycles. The number of aliphatic hydroxyl groups excluding tert-OH is 1. The van der Waals surface area contributed by atoms with E-state index in [-0.39, 0.29) is 19.2 Å². The third-order valence-electron chi connectivity index (χ3n) is 10.5. The molecule has 0 saturated carbocycles. The smallest absolute Gasteiger partial charge is 0.157 e. The molecular formula is C46H95NO5. The molecule has 0 aromatic heterocycles. The average Bonchev–Trinajstić information content (AvgIpc) is 3.15. The van der Waals surface area contributed by atoms with Crippen LogP contribution in [-0.4, -0.2) is 75.3 Å². The first kappa shape index (κ1) is 51.8. The number of hydrogen-bond donors (Lipinski definition) is 1. The number of unbranched alkanes of at least 4 members (excludes halogenated alkanes) is 24. The SMILES string of the molecule is CCCCCCCCOC(CCCCCN(CCO)CCCCCC(OCCCCCCCC)OCCCCCCCC)OCCCCCCCC. The summed E-state index contributed by atoms with van der Waals surface area (Å²) in [5, 5.41) is 9.73. The van der Waals surface area contributed by atoms with Crippen molar-refractivity contribution in [2.75, 3.05) is 52.7 Å². The predicted octanol–water partition coefficient (Wildman–Crippen LogP) is 13.6. The van der Waals surface area contributed by atoms with Crippen LogP contribution in [0.1, 0.15) is 233 Å². The Morgan fingerprint density at radius 2 is 0.596 bits per heavy atom. The van der Waals surface area contributed by atoms with Gasteiger partial charge in [0.05, 0.1) is 6.61 Å². The maximum absolute atomic E-state index is 9.73. The number of aliphatic hydroxyl groups is 1. The summed E-state index contributed by atoms with van der Waals surface area (Å²) >= 11 is 0. The minimum atomic E-state index is -0.0480. The number of rotatable bonds is 46. The molecule has 6 heteroatoms. The molecule has 314 valence electrons. The molecule has 0 aromatic carbocycles. The van der Waals surface area contributed by atoms with E-state index < -0.39 is 0 Å². The third kappa shape index (κ3) is 39.5. The molecule has 0 saturated heterocycles. The second-order valence-electron chi connectivity index (χ2n) is 15.7. The van der Waals surface area contributed by atoms with E-state index in [1.165, 1.54) is 154 Å². The van der Waals surface area contributed by atoms with Crippen LogP contribution in [0.2, 0.25) is 0 Å². The van der Waals surface area contributed by atoms with Gasteiger partial charge in [-0.1, -0.05) is 169 Å². The largest absolute Gasteiger partial charge is 0.395 e. The Hall–Kier alpha value is -0.240. The molecule has 0 spiro atoms. The van der Waals surface area contributed by atoms with Gasteiger partial charge in [0.1, 0.15) is 0 Å². The number of hydrogen-bond acceptors (Lipinski definition) is 6. The Balaban J connectivity index is 4.42. The molecule has 0 fully saturated rings. The molecule has 0 rings (SSSR count). The van der Waals surface area contributed by atoms with Gasteiger partial charge in [-0.3, -0.25) is 0 Å². The van der Waals surface area contributed by atoms with Gasteiger partial charge in [-0.15, -0.1) is 0 Å². The zero-order valence-electron chi connectivity index (χ0n) is 36.0. The van der Waals surface area contributed by atoms with Crippen molar-refractivity contribution in [3.63, 3.8) is 0 Å². The summed E-state index contributed by atoms with van der Waals surface area (Å²) in [6.45, 7) is 15.6. The molecule has 0 amide bonds. The molecule has 0 heterocycles. The van der Waals surface area contributed by atoms with Crippen LogP contribution in [0.4, 0.5) is 0 Å². The lowest BCUT2D eigenvalue weighted by molar-refractivity contribution is -0.148. The summed E-state index contributed by atoms with van der Waals surface area (Å²) in [7, 11) is 0. The van der Waals surface area contributed by atoms with Crippen molar-refractivity contribution in [1.82, 2.24) is 4.90 Å². The van der Waals surface area contributed by atoms with Gasteiger partial charge >= 0.3 is 0 Å². The predicted molar refractivity (Wildman–Crippen MR) is 225 cm³/mol. The van der Waals surface area contributed by atoms with Crippen LogP contribution in [0.15, 0.2) is 0 Å². The summed E-state index contributed by atoms with van der Waals surface area (Å²) in [6, 6.07) is 0. The van der Waals surface area contributed by atoms with Crippen LogP contribution in [0.3, 0.4) is 0 Å². The molecule has 0 aliphatic rings. The first-order valence-corrected chi connectivity index (χ1v) is 23.5. The summed E-state index contributed by atoms with van der Waals surface area (Å²) in [5.74, 6) is 0. The molecule has 0 aromatic rings. The molecule has 0 unspecified atom stereocenters. The maximum atomic E-state index is 9.73. The molecule has 52 heavy (non-hydrogen) atoms. The van der Waals surface area contributed by atoms with E-state index in [1.54, 1.807) is 0 Å². The van der Waals surface area contributed by atoms with E-state index in [9.17, 15) is 5.11 Å². The van der Waals surface area contributed by atoms with Crippen molar-refractivity contribution >= 4 is 0 Å². The molecular weight excluding hydrogens is 647 g/mol. The van der Waals surface area contributed by atoms with E-state index in [0.717, 1.165) is 97.4 Å². The van der Waals surface area contributed by atoms with Crippen LogP contribution in [-0.2, 0) is 18.9 Å². The van der Waals surface area contributed by atoms with Crippen molar-refractivity contribution in [2.24, 2.45) is 0 Å². The lowest BCUT2D eigenvalue weighted by Gasteiger charge is -2.22. The fourth-order valence-corrected chi connectivity index (χ4v) is 6.94. The van der Waals surface area contributed by atoms with Crippen LogP contribution >= 0.6 is 0 Å². The van der Waals surface area contributed by atoms with Gasteiger partial charge in [-0.05, 0) is 77.3 Å². The topological polar surface area (TPSA) is 60.4 Å². The van der Waals surface area contributed by atoms with E-state index in [2.05, 4.69) is 32.6 Å². The Morgan fingerprint density at radius 1 is 0.327 bits per heavy atom. The van der Waals surface area contributed by atoms with E-state index in [0.29, 0.717) is 0 Å². The highest BCUT2D eigenvalue weighted by Crippen LogP contribution is 2.16. The third-order valence-corrected chi connectivity index (χ3v) is 10.5. The molecule has 0 aliphatic carbocycles. The van der Waals surface area contributed by atoms with Crippen molar-refractivity contribution in [3.05, 3.63) is 0 Å². The fourth-order valence-electron chi connectivity index (χ4n) is 6.94. The van der Waals surface area contributed by atoms with Crippen molar-refractivity contribution in [3.8, 4) is 0 Å². The summed E-state index contributed by atoms with van der Waals surface area (Å²) in [4.78, 5) is 2.46. The highest BCUT2D eigenvalue weighted by Gasteiger charge is 2.12. The second kappa shape index (κ2) is 45.2. The first-order valence-electron chi connectivity index (χ1n) is 23.5. The van der Waals surface area contributed by atoms with Crippen LogP contribution in [0, 0.1) is 0 Å². The monoisotopic (exact) mass is 742 g/mol. The summed E-state index contributed by atoms with van der Waals surface area (Å²) in [6.07, 6.45) is 39.9. The lowest BCUT2D eigenvalue weighted by Crippen LogP contribution is -2.29. The molecule has 0 radical (unpaired) electrons. The Bertz CT molecular complexity index is 552. The van der Waals surface area contributed by atoms with Crippen molar-refractivity contribution in [2.45, 2.75) is 246 Å². The van der Waals surface area contributed by atoms with Crippen LogP contribution in [0.5, 0.6) is 0 Å². The molecule has 1 N–H and O–H groups in total. The molecule has 0 atom stereocenters. The summed E-state index contributed by atoms with van der Waals surface area (Å²) in [5.41, 5.74) is 0. The van der Waals surface area contributed by atoms with Gasteiger partial charge in [-0.2, -0.15) is 0 Å². The quantitative estimate of drug-likeness (QED) is 0.0495. The van der Waals surface area contributed by atoms with E-state index in [4.69, 9.17) is 18.9 Å². The first-order chi connectivity index (χ1) is 25.7. The van der Waals surface area contributed by atoms with Gasteiger partial charge in [0.15, 0.2) is 12.6 Å². The van der Waals surface area contributed by atoms with E-state index >= 15 is 0 Å². The fraction of sp³-hybridized carbons (Fsp3) is 1.00. The average molecular weight is 742 g/mol. The normalized spacial score (nSPS) is 12.0. The minimum Gasteiger partial charge on any atom is -0.395 e. The minimum absolute atomic E-state index is 0.0480. The van der Waals surface area contributed by atoms with Crippen LogP contribution < -0.4 is 0 Å².